The lowest BCUT2D eigenvalue weighted by molar-refractivity contribution is 0.413. The van der Waals surface area contributed by atoms with E-state index in [4.69, 9.17) is 9.15 Å². The highest BCUT2D eigenvalue weighted by molar-refractivity contribution is 5.62. The summed E-state index contributed by atoms with van der Waals surface area (Å²) in [5.41, 5.74) is 3.44. The highest BCUT2D eigenvalue weighted by Crippen LogP contribution is 2.34. The lowest BCUT2D eigenvalue weighted by atomic mass is 10.1. The molecule has 1 aromatic heterocycles. The molecule has 24 heavy (non-hydrogen) atoms. The van der Waals surface area contributed by atoms with E-state index in [1.54, 1.807) is 7.11 Å². The topological polar surface area (TPSA) is 51.4 Å². The maximum Gasteiger partial charge on any atom is 0.251 e. The van der Waals surface area contributed by atoms with E-state index in [9.17, 15) is 0 Å². The molecule has 0 radical (unpaired) electrons. The average molecular weight is 321 g/mol. The van der Waals surface area contributed by atoms with E-state index < -0.39 is 0 Å². The number of hydrogen-bond acceptors (Lipinski definition) is 5. The number of hydrogen-bond donors (Lipinski definition) is 0. The van der Waals surface area contributed by atoms with E-state index in [-0.39, 0.29) is 0 Å². The van der Waals surface area contributed by atoms with Crippen LogP contribution in [-0.4, -0.2) is 23.3 Å². The van der Waals surface area contributed by atoms with Gasteiger partial charge in [0, 0.05) is 11.7 Å². The highest BCUT2D eigenvalue weighted by Gasteiger charge is 2.27. The fraction of sp³-hybridized carbons (Fsp3) is 0.263. The Hall–Kier alpha value is -2.82. The Morgan fingerprint density at radius 3 is 2.79 bits per heavy atom. The molecule has 0 aliphatic carbocycles. The molecule has 0 spiro atoms. The second-order valence-electron chi connectivity index (χ2n) is 6.01. The molecule has 5 nitrogen and oxygen atoms in total. The summed E-state index contributed by atoms with van der Waals surface area (Å²) in [7, 11) is 1.64. The van der Waals surface area contributed by atoms with E-state index in [1.165, 1.54) is 11.3 Å². The van der Waals surface area contributed by atoms with Gasteiger partial charge in [0.25, 0.3) is 5.89 Å². The second kappa shape index (κ2) is 6.00. The molecular formula is C19H19N3O2. The number of benzene rings is 2. The van der Waals surface area contributed by atoms with Gasteiger partial charge in [0.05, 0.1) is 19.2 Å². The summed E-state index contributed by atoms with van der Waals surface area (Å²) in [5.74, 6) is 1.83. The SMILES string of the molecule is COc1ccccc1-c1nnc(CN2c3ccccc3CC2C)o1. The van der Waals surface area contributed by atoms with Crippen molar-refractivity contribution in [3.63, 3.8) is 0 Å². The van der Waals surface area contributed by atoms with Crippen molar-refractivity contribution in [1.82, 2.24) is 10.2 Å². The van der Waals surface area contributed by atoms with Crippen LogP contribution in [-0.2, 0) is 13.0 Å². The zero-order valence-electron chi connectivity index (χ0n) is 13.8. The van der Waals surface area contributed by atoms with Gasteiger partial charge in [-0.25, -0.2) is 0 Å². The normalized spacial score (nSPS) is 16.2. The zero-order chi connectivity index (χ0) is 16.5. The number of nitrogens with zero attached hydrogens (tertiary/aromatic N) is 3. The lowest BCUT2D eigenvalue weighted by Gasteiger charge is -2.22. The van der Waals surface area contributed by atoms with Crippen molar-refractivity contribution < 1.29 is 9.15 Å². The minimum Gasteiger partial charge on any atom is -0.496 e. The van der Waals surface area contributed by atoms with Crippen LogP contribution in [0.4, 0.5) is 5.69 Å². The van der Waals surface area contributed by atoms with Crippen molar-refractivity contribution in [2.24, 2.45) is 0 Å². The molecule has 0 bridgehead atoms. The van der Waals surface area contributed by atoms with Crippen molar-refractivity contribution in [3.05, 3.63) is 60.0 Å². The van der Waals surface area contributed by atoms with E-state index in [1.807, 2.05) is 24.3 Å². The van der Waals surface area contributed by atoms with Gasteiger partial charge in [-0.2, -0.15) is 0 Å². The zero-order valence-corrected chi connectivity index (χ0v) is 13.8. The first-order valence-electron chi connectivity index (χ1n) is 8.06. The molecule has 0 N–H and O–H groups in total. The standard InChI is InChI=1S/C19H19N3O2/c1-13-11-14-7-3-5-9-16(14)22(13)12-18-20-21-19(24-18)15-8-4-6-10-17(15)23-2/h3-10,13H,11-12H2,1-2H3. The summed E-state index contributed by atoms with van der Waals surface area (Å²) in [4.78, 5) is 2.31. The molecule has 122 valence electrons. The molecular weight excluding hydrogens is 302 g/mol. The third-order valence-electron chi connectivity index (χ3n) is 4.46. The quantitative estimate of drug-likeness (QED) is 0.733. The molecule has 1 atom stereocenters. The fourth-order valence-electron chi connectivity index (χ4n) is 3.26. The van der Waals surface area contributed by atoms with Gasteiger partial charge in [-0.3, -0.25) is 0 Å². The van der Waals surface area contributed by atoms with Gasteiger partial charge < -0.3 is 14.1 Å². The first-order chi connectivity index (χ1) is 11.8. The van der Waals surface area contributed by atoms with E-state index in [2.05, 4.69) is 46.3 Å². The molecule has 2 heterocycles. The van der Waals surface area contributed by atoms with Crippen LogP contribution >= 0.6 is 0 Å². The number of aromatic nitrogens is 2. The maximum atomic E-state index is 5.89. The molecule has 5 heteroatoms. The molecule has 1 unspecified atom stereocenters. The molecule has 0 saturated heterocycles. The summed E-state index contributed by atoms with van der Waals surface area (Å²) < 4.78 is 11.3. The van der Waals surface area contributed by atoms with Crippen LogP contribution in [0.15, 0.2) is 52.9 Å². The van der Waals surface area contributed by atoms with Gasteiger partial charge in [0.2, 0.25) is 5.89 Å². The van der Waals surface area contributed by atoms with Gasteiger partial charge >= 0.3 is 0 Å². The minimum absolute atomic E-state index is 0.420. The number of rotatable bonds is 4. The molecule has 0 fully saturated rings. The number of methoxy groups -OCH3 is 1. The predicted octanol–water partition coefficient (Wildman–Crippen LogP) is 3.70. The molecule has 2 aromatic carbocycles. The van der Waals surface area contributed by atoms with Crippen LogP contribution in [0.25, 0.3) is 11.5 Å². The summed E-state index contributed by atoms with van der Waals surface area (Å²) in [5, 5.41) is 8.42. The predicted molar refractivity (Wildman–Crippen MR) is 92.1 cm³/mol. The summed E-state index contributed by atoms with van der Waals surface area (Å²) in [6, 6.07) is 16.6. The van der Waals surface area contributed by atoms with Crippen molar-refractivity contribution in [1.29, 1.82) is 0 Å². The first kappa shape index (κ1) is 14.8. The van der Waals surface area contributed by atoms with E-state index >= 15 is 0 Å². The highest BCUT2D eigenvalue weighted by atomic mass is 16.5. The van der Waals surface area contributed by atoms with Gasteiger partial charge in [-0.15, -0.1) is 10.2 Å². The Morgan fingerprint density at radius 2 is 1.92 bits per heavy atom. The van der Waals surface area contributed by atoms with Crippen molar-refractivity contribution in [3.8, 4) is 17.2 Å². The van der Waals surface area contributed by atoms with Crippen LogP contribution in [0.3, 0.4) is 0 Å². The van der Waals surface area contributed by atoms with Crippen LogP contribution in [0, 0.1) is 0 Å². The van der Waals surface area contributed by atoms with Gasteiger partial charge in [0.1, 0.15) is 5.75 Å². The molecule has 1 aliphatic heterocycles. The molecule has 3 aromatic rings. The number of anilines is 1. The molecule has 1 aliphatic rings. The van der Waals surface area contributed by atoms with Crippen molar-refractivity contribution in [2.75, 3.05) is 12.0 Å². The summed E-state index contributed by atoms with van der Waals surface area (Å²) in [6.07, 6.45) is 1.05. The smallest absolute Gasteiger partial charge is 0.251 e. The molecule has 4 rings (SSSR count). The van der Waals surface area contributed by atoms with Gasteiger partial charge in [-0.05, 0) is 37.1 Å². The minimum atomic E-state index is 0.420. The average Bonchev–Trinajstić information content (AvgIpc) is 3.20. The van der Waals surface area contributed by atoms with Crippen LogP contribution in [0.5, 0.6) is 5.75 Å². The number of fused-ring (bicyclic) bond motifs is 1. The Balaban J connectivity index is 1.60. The van der Waals surface area contributed by atoms with Crippen molar-refractivity contribution >= 4 is 5.69 Å². The third kappa shape index (κ3) is 2.52. The first-order valence-corrected chi connectivity index (χ1v) is 8.06. The Kier molecular flexibility index (Phi) is 3.69. The summed E-state index contributed by atoms with van der Waals surface area (Å²) in [6.45, 7) is 2.83. The maximum absolute atomic E-state index is 5.89. The van der Waals surface area contributed by atoms with Crippen LogP contribution < -0.4 is 9.64 Å². The summed E-state index contributed by atoms with van der Waals surface area (Å²) >= 11 is 0. The van der Waals surface area contributed by atoms with E-state index in [0.29, 0.717) is 24.4 Å². The Bertz CT molecular complexity index is 859. The Morgan fingerprint density at radius 1 is 1.12 bits per heavy atom. The number of ether oxygens (including phenoxy) is 1. The molecule has 0 saturated carbocycles. The molecule has 0 amide bonds. The number of para-hydroxylation sites is 2. The van der Waals surface area contributed by atoms with Gasteiger partial charge in [-0.1, -0.05) is 30.3 Å². The fourth-order valence-corrected chi connectivity index (χ4v) is 3.26. The monoisotopic (exact) mass is 321 g/mol. The third-order valence-corrected chi connectivity index (χ3v) is 4.46. The largest absolute Gasteiger partial charge is 0.496 e. The van der Waals surface area contributed by atoms with Crippen LogP contribution in [0.1, 0.15) is 18.4 Å². The van der Waals surface area contributed by atoms with Gasteiger partial charge in [0.15, 0.2) is 0 Å². The Labute approximate surface area is 140 Å². The van der Waals surface area contributed by atoms with E-state index in [0.717, 1.165) is 17.7 Å². The second-order valence-corrected chi connectivity index (χ2v) is 6.01. The van der Waals surface area contributed by atoms with Crippen molar-refractivity contribution in [2.45, 2.75) is 25.9 Å². The lowest BCUT2D eigenvalue weighted by Crippen LogP contribution is -2.28. The van der Waals surface area contributed by atoms with Crippen LogP contribution in [0.2, 0.25) is 0 Å².